The highest BCUT2D eigenvalue weighted by atomic mass is 35.5. The van der Waals surface area contributed by atoms with Gasteiger partial charge in [-0.15, -0.1) is 0 Å². The molecule has 15 heavy (non-hydrogen) atoms. The maximum absolute atomic E-state index is 5.84. The Hall–Kier alpha value is -1.78. The summed E-state index contributed by atoms with van der Waals surface area (Å²) < 4.78 is 0. The van der Waals surface area contributed by atoms with Gasteiger partial charge >= 0.3 is 11.8 Å². The third-order valence-corrected chi connectivity index (χ3v) is 2.13. The fourth-order valence-corrected chi connectivity index (χ4v) is 1.37. The summed E-state index contributed by atoms with van der Waals surface area (Å²) in [5.74, 6) is 0. The number of hydrogen-bond acceptors (Lipinski definition) is 0. The van der Waals surface area contributed by atoms with Crippen molar-refractivity contribution < 1.29 is 0 Å². The van der Waals surface area contributed by atoms with Crippen LogP contribution in [0, 0.1) is 6.07 Å². The summed E-state index contributed by atoms with van der Waals surface area (Å²) in [5, 5.41) is 0.686. The standard InChI is InChI=1S/C13H9ClN/c14-12-7-4-8-13(9-12)15-10-11-5-2-1-3-6-11/h1-9H/q+1. The topological polar surface area (TPSA) is 4.36 Å². The molecule has 0 atom stereocenters. The molecule has 2 rings (SSSR count). The molecule has 0 aliphatic rings. The first-order valence-corrected chi connectivity index (χ1v) is 5.00. The zero-order valence-electron chi connectivity index (χ0n) is 8.02. The zero-order valence-corrected chi connectivity index (χ0v) is 8.78. The predicted molar refractivity (Wildman–Crippen MR) is 63.9 cm³/mol. The first-order chi connectivity index (χ1) is 7.34. The van der Waals surface area contributed by atoms with Crippen LogP contribution in [0.3, 0.4) is 0 Å². The molecule has 0 fully saturated rings. The normalized spacial score (nSPS) is 9.13. The minimum absolute atomic E-state index is 0.686. The van der Waals surface area contributed by atoms with Crippen molar-refractivity contribution in [3.63, 3.8) is 0 Å². The Balaban J connectivity index is 2.26. The summed E-state index contributed by atoms with van der Waals surface area (Å²) in [6.45, 7) is 0. The average molecular weight is 215 g/mol. The summed E-state index contributed by atoms with van der Waals surface area (Å²) in [6, 6.07) is 20.1. The number of halogens is 1. The molecule has 0 unspecified atom stereocenters. The van der Waals surface area contributed by atoms with E-state index in [-0.39, 0.29) is 0 Å². The van der Waals surface area contributed by atoms with Gasteiger partial charge in [0.25, 0.3) is 0 Å². The molecule has 72 valence electrons. The van der Waals surface area contributed by atoms with E-state index in [4.69, 9.17) is 11.6 Å². The molecule has 0 aliphatic heterocycles. The number of benzene rings is 2. The first-order valence-electron chi connectivity index (χ1n) is 4.62. The van der Waals surface area contributed by atoms with E-state index in [2.05, 4.69) is 10.9 Å². The second-order valence-corrected chi connectivity index (χ2v) is 3.51. The molecule has 2 aromatic rings. The van der Waals surface area contributed by atoms with Gasteiger partial charge in [-0.1, -0.05) is 35.9 Å². The first kappa shape index (κ1) is 9.76. The van der Waals surface area contributed by atoms with Crippen LogP contribution in [0.1, 0.15) is 5.56 Å². The third kappa shape index (κ3) is 2.83. The summed E-state index contributed by atoms with van der Waals surface area (Å²) in [5.41, 5.74) is 1.77. The van der Waals surface area contributed by atoms with Crippen LogP contribution < -0.4 is 0 Å². The molecule has 0 heterocycles. The van der Waals surface area contributed by atoms with Gasteiger partial charge in [0.2, 0.25) is 0 Å². The Kier molecular flexibility index (Phi) is 3.02. The maximum atomic E-state index is 5.84. The average Bonchev–Trinajstić information content (AvgIpc) is 2.28. The molecular formula is C13H9ClN+. The minimum Gasteiger partial charge on any atom is -0.0840 e. The van der Waals surface area contributed by atoms with Crippen LogP contribution in [-0.2, 0) is 0 Å². The van der Waals surface area contributed by atoms with Crippen LogP contribution in [0.4, 0.5) is 5.69 Å². The molecule has 0 N–H and O–H groups in total. The minimum atomic E-state index is 0.686. The molecule has 0 aromatic heterocycles. The number of nitrogens with zero attached hydrogens (tertiary/aromatic N) is 1. The summed E-state index contributed by atoms with van der Waals surface area (Å²) >= 11 is 5.84. The van der Waals surface area contributed by atoms with E-state index in [0.717, 1.165) is 11.3 Å². The van der Waals surface area contributed by atoms with Crippen LogP contribution in [0.15, 0.2) is 54.6 Å². The van der Waals surface area contributed by atoms with Gasteiger partial charge in [0.15, 0.2) is 0 Å². The van der Waals surface area contributed by atoms with E-state index in [1.54, 1.807) is 6.07 Å². The molecule has 2 heteroatoms. The molecule has 1 nitrogen and oxygen atoms in total. The molecule has 0 amide bonds. The van der Waals surface area contributed by atoms with Crippen molar-refractivity contribution in [1.29, 1.82) is 0 Å². The van der Waals surface area contributed by atoms with Crippen molar-refractivity contribution in [3.8, 4) is 6.07 Å². The maximum Gasteiger partial charge on any atom is 0.342 e. The van der Waals surface area contributed by atoms with Crippen molar-refractivity contribution in [2.45, 2.75) is 0 Å². The molecule has 0 saturated carbocycles. The third-order valence-electron chi connectivity index (χ3n) is 1.90. The van der Waals surface area contributed by atoms with E-state index in [1.807, 2.05) is 48.5 Å². The lowest BCUT2D eigenvalue weighted by molar-refractivity contribution is 1.64. The molecule has 0 saturated heterocycles. The lowest BCUT2D eigenvalue weighted by atomic mass is 10.2. The summed E-state index contributed by atoms with van der Waals surface area (Å²) in [6.07, 6.45) is 0. The fraction of sp³-hybridized carbons (Fsp3) is 0. The van der Waals surface area contributed by atoms with Gasteiger partial charge in [-0.2, -0.15) is 0 Å². The highest BCUT2D eigenvalue weighted by Crippen LogP contribution is 2.17. The van der Waals surface area contributed by atoms with E-state index < -0.39 is 0 Å². The van der Waals surface area contributed by atoms with Crippen LogP contribution in [0.2, 0.25) is 5.02 Å². The summed E-state index contributed by atoms with van der Waals surface area (Å²) in [7, 11) is 0. The van der Waals surface area contributed by atoms with Crippen LogP contribution in [0.25, 0.3) is 4.85 Å². The largest absolute Gasteiger partial charge is 0.342 e. The van der Waals surface area contributed by atoms with Gasteiger partial charge < -0.3 is 0 Å². The van der Waals surface area contributed by atoms with Crippen molar-refractivity contribution in [2.24, 2.45) is 0 Å². The van der Waals surface area contributed by atoms with Gasteiger partial charge in [-0.3, -0.25) is 0 Å². The molecule has 0 radical (unpaired) electrons. The molecule has 0 aliphatic carbocycles. The van der Waals surface area contributed by atoms with E-state index in [1.165, 1.54) is 0 Å². The zero-order chi connectivity index (χ0) is 10.5. The fourth-order valence-electron chi connectivity index (χ4n) is 1.19. The smallest absolute Gasteiger partial charge is 0.0840 e. The van der Waals surface area contributed by atoms with Crippen molar-refractivity contribution in [3.05, 3.63) is 70.0 Å². The SMILES string of the molecule is Clc1cccc([N+]#Cc2ccccc2)c1. The van der Waals surface area contributed by atoms with Gasteiger partial charge in [-0.05, 0) is 23.0 Å². The van der Waals surface area contributed by atoms with Crippen LogP contribution >= 0.6 is 11.6 Å². The molecule has 0 bridgehead atoms. The van der Waals surface area contributed by atoms with Gasteiger partial charge in [-0.25, -0.2) is 0 Å². The number of hydrogen-bond donors (Lipinski definition) is 0. The Morgan fingerprint density at radius 3 is 2.47 bits per heavy atom. The van der Waals surface area contributed by atoms with Crippen LogP contribution in [0.5, 0.6) is 0 Å². The Morgan fingerprint density at radius 2 is 1.73 bits per heavy atom. The van der Waals surface area contributed by atoms with Crippen molar-refractivity contribution in [2.75, 3.05) is 0 Å². The van der Waals surface area contributed by atoms with E-state index >= 15 is 0 Å². The lowest BCUT2D eigenvalue weighted by Gasteiger charge is -1.82. The van der Waals surface area contributed by atoms with Crippen molar-refractivity contribution >= 4 is 17.3 Å². The number of rotatable bonds is 0. The highest BCUT2D eigenvalue weighted by Gasteiger charge is 2.00. The molecular weight excluding hydrogens is 206 g/mol. The second kappa shape index (κ2) is 4.63. The predicted octanol–water partition coefficient (Wildman–Crippen LogP) is 4.35. The quantitative estimate of drug-likeness (QED) is 0.614. The molecule has 0 spiro atoms. The highest BCUT2D eigenvalue weighted by molar-refractivity contribution is 6.30. The van der Waals surface area contributed by atoms with Crippen molar-refractivity contribution in [1.82, 2.24) is 0 Å². The molecule has 2 aromatic carbocycles. The Bertz CT molecular complexity index is 509. The van der Waals surface area contributed by atoms with E-state index in [0.29, 0.717) is 5.02 Å². The van der Waals surface area contributed by atoms with Crippen LogP contribution in [-0.4, -0.2) is 0 Å². The van der Waals surface area contributed by atoms with Gasteiger partial charge in [0.05, 0.1) is 0 Å². The Labute approximate surface area is 93.8 Å². The van der Waals surface area contributed by atoms with Gasteiger partial charge in [0.1, 0.15) is 5.56 Å². The summed E-state index contributed by atoms with van der Waals surface area (Å²) in [4.78, 5) is 4.20. The van der Waals surface area contributed by atoms with Gasteiger partial charge in [0, 0.05) is 17.2 Å². The Morgan fingerprint density at radius 1 is 0.933 bits per heavy atom. The monoisotopic (exact) mass is 214 g/mol. The van der Waals surface area contributed by atoms with E-state index in [9.17, 15) is 0 Å². The second-order valence-electron chi connectivity index (χ2n) is 3.07. The lowest BCUT2D eigenvalue weighted by Crippen LogP contribution is -1.68.